The van der Waals surface area contributed by atoms with Gasteiger partial charge in [0, 0.05) is 18.5 Å². The first-order valence-corrected chi connectivity index (χ1v) is 7.20. The summed E-state index contributed by atoms with van der Waals surface area (Å²) in [4.78, 5) is 0. The van der Waals surface area contributed by atoms with Crippen LogP contribution in [0.4, 0.5) is 0 Å². The summed E-state index contributed by atoms with van der Waals surface area (Å²) in [6, 6.07) is 19.4. The van der Waals surface area contributed by atoms with Crippen molar-refractivity contribution in [1.29, 1.82) is 0 Å². The highest BCUT2D eigenvalue weighted by Gasteiger charge is 2.07. The first kappa shape index (κ1) is 14.1. The van der Waals surface area contributed by atoms with Crippen molar-refractivity contribution in [3.63, 3.8) is 0 Å². The molecule has 100 valence electrons. The Morgan fingerprint density at radius 2 is 1.63 bits per heavy atom. The smallest absolute Gasteiger partial charge is 0.0380 e. The first-order chi connectivity index (χ1) is 9.28. The number of nitrogens with one attached hydrogen (secondary N) is 1. The Morgan fingerprint density at radius 3 is 2.26 bits per heavy atom. The van der Waals surface area contributed by atoms with Crippen LogP contribution in [0.25, 0.3) is 0 Å². The molecule has 2 aromatic carbocycles. The highest BCUT2D eigenvalue weighted by Crippen LogP contribution is 2.07. The second-order valence-electron chi connectivity index (χ2n) is 4.91. The molecule has 0 amide bonds. The fourth-order valence-corrected chi connectivity index (χ4v) is 2.27. The quantitative estimate of drug-likeness (QED) is 0.787. The minimum Gasteiger partial charge on any atom is -0.308 e. The van der Waals surface area contributed by atoms with Crippen molar-refractivity contribution in [2.24, 2.45) is 0 Å². The number of alkyl halides is 1. The van der Waals surface area contributed by atoms with Crippen molar-refractivity contribution in [3.8, 4) is 0 Å². The molecule has 19 heavy (non-hydrogen) atoms. The molecule has 2 aromatic rings. The SMILES string of the molecule is Cc1ccc(CNC(CCl)Cc2ccccc2)cc1. The molecule has 0 aliphatic heterocycles. The summed E-state index contributed by atoms with van der Waals surface area (Å²) < 4.78 is 0. The Kier molecular flexibility index (Phi) is 5.44. The van der Waals surface area contributed by atoms with Gasteiger partial charge in [-0.25, -0.2) is 0 Å². The topological polar surface area (TPSA) is 12.0 Å². The van der Waals surface area contributed by atoms with Crippen LogP contribution in [-0.4, -0.2) is 11.9 Å². The Morgan fingerprint density at radius 1 is 0.947 bits per heavy atom. The van der Waals surface area contributed by atoms with Gasteiger partial charge in [0.2, 0.25) is 0 Å². The molecule has 1 N–H and O–H groups in total. The maximum atomic E-state index is 6.05. The largest absolute Gasteiger partial charge is 0.308 e. The summed E-state index contributed by atoms with van der Waals surface area (Å²) in [5, 5.41) is 3.52. The Labute approximate surface area is 120 Å². The summed E-state index contributed by atoms with van der Waals surface area (Å²) in [7, 11) is 0. The van der Waals surface area contributed by atoms with Crippen LogP contribution in [0.5, 0.6) is 0 Å². The van der Waals surface area contributed by atoms with E-state index in [0.717, 1.165) is 13.0 Å². The fourth-order valence-electron chi connectivity index (χ4n) is 2.05. The maximum Gasteiger partial charge on any atom is 0.0380 e. The number of hydrogen-bond donors (Lipinski definition) is 1. The minimum absolute atomic E-state index is 0.311. The van der Waals surface area contributed by atoms with Crippen LogP contribution in [0.2, 0.25) is 0 Å². The van der Waals surface area contributed by atoms with Gasteiger partial charge < -0.3 is 5.32 Å². The molecule has 0 spiro atoms. The summed E-state index contributed by atoms with van der Waals surface area (Å²) >= 11 is 6.05. The molecule has 0 aliphatic carbocycles. The van der Waals surface area contributed by atoms with E-state index in [1.807, 2.05) is 6.07 Å². The van der Waals surface area contributed by atoms with Gasteiger partial charge in [-0.05, 0) is 24.5 Å². The molecule has 1 nitrogen and oxygen atoms in total. The standard InChI is InChI=1S/C17H20ClN/c1-14-7-9-16(10-8-14)13-19-17(12-18)11-15-5-3-2-4-6-15/h2-10,17,19H,11-13H2,1H3. The molecule has 0 fully saturated rings. The molecule has 1 atom stereocenters. The van der Waals surface area contributed by atoms with Crippen LogP contribution in [0.3, 0.4) is 0 Å². The Hall–Kier alpha value is -1.31. The van der Waals surface area contributed by atoms with E-state index >= 15 is 0 Å². The lowest BCUT2D eigenvalue weighted by molar-refractivity contribution is 0.550. The van der Waals surface area contributed by atoms with Gasteiger partial charge >= 0.3 is 0 Å². The van der Waals surface area contributed by atoms with Gasteiger partial charge in [-0.2, -0.15) is 0 Å². The minimum atomic E-state index is 0.311. The van der Waals surface area contributed by atoms with Crippen LogP contribution in [-0.2, 0) is 13.0 Å². The molecule has 2 heteroatoms. The molecule has 0 bridgehead atoms. The predicted molar refractivity (Wildman–Crippen MR) is 82.7 cm³/mol. The molecule has 0 heterocycles. The zero-order valence-corrected chi connectivity index (χ0v) is 12.0. The number of aryl methyl sites for hydroxylation is 1. The predicted octanol–water partition coefficient (Wildman–Crippen LogP) is 3.93. The van der Waals surface area contributed by atoms with Gasteiger partial charge in [0.05, 0.1) is 0 Å². The molecule has 1 unspecified atom stereocenters. The van der Waals surface area contributed by atoms with E-state index in [1.54, 1.807) is 0 Å². The summed E-state index contributed by atoms with van der Waals surface area (Å²) in [6.07, 6.45) is 0.968. The third-order valence-electron chi connectivity index (χ3n) is 3.23. The molecule has 0 aromatic heterocycles. The summed E-state index contributed by atoms with van der Waals surface area (Å²) in [6.45, 7) is 2.97. The number of halogens is 1. The van der Waals surface area contributed by atoms with Crippen molar-refractivity contribution in [1.82, 2.24) is 5.32 Å². The monoisotopic (exact) mass is 273 g/mol. The van der Waals surface area contributed by atoms with E-state index in [4.69, 9.17) is 11.6 Å². The lowest BCUT2D eigenvalue weighted by atomic mass is 10.1. The average molecular weight is 274 g/mol. The zero-order valence-electron chi connectivity index (χ0n) is 11.3. The van der Waals surface area contributed by atoms with Crippen molar-refractivity contribution in [3.05, 3.63) is 71.3 Å². The Balaban J connectivity index is 1.87. The third-order valence-corrected chi connectivity index (χ3v) is 3.60. The van der Waals surface area contributed by atoms with E-state index in [9.17, 15) is 0 Å². The van der Waals surface area contributed by atoms with E-state index in [-0.39, 0.29) is 0 Å². The number of rotatable bonds is 6. The van der Waals surface area contributed by atoms with Crippen molar-refractivity contribution in [2.45, 2.75) is 25.9 Å². The van der Waals surface area contributed by atoms with E-state index < -0.39 is 0 Å². The first-order valence-electron chi connectivity index (χ1n) is 6.67. The van der Waals surface area contributed by atoms with Gasteiger partial charge in [-0.15, -0.1) is 11.6 Å². The molecular weight excluding hydrogens is 254 g/mol. The van der Waals surface area contributed by atoms with E-state index in [2.05, 4.69) is 60.8 Å². The van der Waals surface area contributed by atoms with E-state index in [0.29, 0.717) is 11.9 Å². The molecule has 0 radical (unpaired) electrons. The van der Waals surface area contributed by atoms with Crippen molar-refractivity contribution in [2.75, 3.05) is 5.88 Å². The molecule has 2 rings (SSSR count). The highest BCUT2D eigenvalue weighted by molar-refractivity contribution is 6.18. The Bertz CT molecular complexity index is 478. The second kappa shape index (κ2) is 7.32. The lowest BCUT2D eigenvalue weighted by Gasteiger charge is -2.16. The molecule has 0 saturated carbocycles. The van der Waals surface area contributed by atoms with Gasteiger partial charge in [0.1, 0.15) is 0 Å². The normalized spacial score (nSPS) is 12.3. The second-order valence-corrected chi connectivity index (χ2v) is 5.22. The van der Waals surface area contributed by atoms with E-state index in [1.165, 1.54) is 16.7 Å². The zero-order chi connectivity index (χ0) is 13.5. The van der Waals surface area contributed by atoms with Crippen molar-refractivity contribution >= 4 is 11.6 Å². The van der Waals surface area contributed by atoms with Gasteiger partial charge in [0.15, 0.2) is 0 Å². The van der Waals surface area contributed by atoms with Gasteiger partial charge in [0.25, 0.3) is 0 Å². The fraction of sp³-hybridized carbons (Fsp3) is 0.294. The van der Waals surface area contributed by atoms with Crippen LogP contribution in [0, 0.1) is 6.92 Å². The molecular formula is C17H20ClN. The maximum absolute atomic E-state index is 6.05. The van der Waals surface area contributed by atoms with Crippen LogP contribution in [0.15, 0.2) is 54.6 Å². The van der Waals surface area contributed by atoms with Crippen LogP contribution < -0.4 is 5.32 Å². The van der Waals surface area contributed by atoms with Crippen LogP contribution >= 0.6 is 11.6 Å². The third kappa shape index (κ3) is 4.70. The summed E-state index contributed by atoms with van der Waals surface area (Å²) in [5.41, 5.74) is 3.92. The number of benzene rings is 2. The lowest BCUT2D eigenvalue weighted by Crippen LogP contribution is -2.32. The van der Waals surface area contributed by atoms with Crippen molar-refractivity contribution < 1.29 is 0 Å². The van der Waals surface area contributed by atoms with Gasteiger partial charge in [-0.3, -0.25) is 0 Å². The molecule has 0 aliphatic rings. The van der Waals surface area contributed by atoms with Crippen LogP contribution in [0.1, 0.15) is 16.7 Å². The summed E-state index contributed by atoms with van der Waals surface area (Å²) in [5.74, 6) is 0.626. The highest BCUT2D eigenvalue weighted by atomic mass is 35.5. The van der Waals surface area contributed by atoms with Gasteiger partial charge in [-0.1, -0.05) is 60.2 Å². The molecule has 0 saturated heterocycles. The number of hydrogen-bond acceptors (Lipinski definition) is 1. The average Bonchev–Trinajstić information content (AvgIpc) is 2.46.